The van der Waals surface area contributed by atoms with Gasteiger partial charge in [0.05, 0.1) is 12.2 Å². The van der Waals surface area contributed by atoms with Gasteiger partial charge < -0.3 is 14.6 Å². The van der Waals surface area contributed by atoms with Crippen LogP contribution in [0.4, 0.5) is 13.2 Å². The van der Waals surface area contributed by atoms with Crippen molar-refractivity contribution >= 4 is 23.6 Å². The molecular weight excluding hydrogens is 375 g/mol. The molecule has 5 nitrogen and oxygen atoms in total. The van der Waals surface area contributed by atoms with Gasteiger partial charge in [-0.1, -0.05) is 11.6 Å². The van der Waals surface area contributed by atoms with Gasteiger partial charge in [0.1, 0.15) is 16.5 Å². The zero-order chi connectivity index (χ0) is 19.3. The van der Waals surface area contributed by atoms with Crippen molar-refractivity contribution in [2.24, 2.45) is 0 Å². The Morgan fingerprint density at radius 2 is 2.08 bits per heavy atom. The van der Waals surface area contributed by atoms with Crippen molar-refractivity contribution in [2.75, 3.05) is 6.61 Å². The minimum absolute atomic E-state index is 0.0414. The summed E-state index contributed by atoms with van der Waals surface area (Å²) in [5.41, 5.74) is -0.665. The van der Waals surface area contributed by atoms with E-state index in [1.165, 1.54) is 24.3 Å². The van der Waals surface area contributed by atoms with E-state index in [9.17, 15) is 23.1 Å². The third-order valence-electron chi connectivity index (χ3n) is 3.02. The average molecular weight is 388 g/mol. The third kappa shape index (κ3) is 5.13. The molecule has 0 radical (unpaired) electrons. The smallest absolute Gasteiger partial charge is 0.417 e. The van der Waals surface area contributed by atoms with Crippen LogP contribution in [0.15, 0.2) is 36.5 Å². The van der Waals surface area contributed by atoms with Crippen LogP contribution in [0.2, 0.25) is 5.02 Å². The maximum atomic E-state index is 12.7. The molecule has 0 aliphatic rings. The van der Waals surface area contributed by atoms with Gasteiger partial charge in [0.15, 0.2) is 0 Å². The predicted molar refractivity (Wildman–Crippen MR) is 88.1 cm³/mol. The minimum atomic E-state index is -4.59. The van der Waals surface area contributed by atoms with Crippen molar-refractivity contribution in [3.05, 3.63) is 52.7 Å². The zero-order valence-corrected chi connectivity index (χ0v) is 14.1. The van der Waals surface area contributed by atoms with Crippen LogP contribution in [0.1, 0.15) is 18.1 Å². The molecular formula is C17H13ClF3NO4. The van der Waals surface area contributed by atoms with E-state index in [0.29, 0.717) is 17.8 Å². The molecule has 0 saturated heterocycles. The van der Waals surface area contributed by atoms with E-state index in [1.807, 2.05) is 0 Å². The maximum absolute atomic E-state index is 12.7. The number of benzene rings is 1. The molecule has 1 heterocycles. The molecule has 1 N–H and O–H groups in total. The standard InChI is InChI=1S/C17H13ClF3NO4/c1-2-25-15(24)6-4-10-3-5-12(23)8-14(10)26-16-13(18)7-11(9-22-16)17(19,20)21/h3-9,23H,2H2,1H3. The van der Waals surface area contributed by atoms with Gasteiger partial charge >= 0.3 is 12.1 Å². The second-order valence-electron chi connectivity index (χ2n) is 4.92. The molecule has 0 bridgehead atoms. The summed E-state index contributed by atoms with van der Waals surface area (Å²) in [5.74, 6) is -0.982. The number of carbonyl (C=O) groups excluding carboxylic acids is 1. The number of halogens is 4. The largest absolute Gasteiger partial charge is 0.508 e. The highest BCUT2D eigenvalue weighted by Gasteiger charge is 2.31. The first-order valence-corrected chi connectivity index (χ1v) is 7.67. The fourth-order valence-corrected chi connectivity index (χ4v) is 2.06. The normalized spacial score (nSPS) is 11.6. The van der Waals surface area contributed by atoms with E-state index in [0.717, 1.165) is 6.08 Å². The highest BCUT2D eigenvalue weighted by Crippen LogP contribution is 2.36. The molecule has 1 aromatic heterocycles. The summed E-state index contributed by atoms with van der Waals surface area (Å²) in [4.78, 5) is 15.0. The number of pyridine rings is 1. The highest BCUT2D eigenvalue weighted by molar-refractivity contribution is 6.31. The lowest BCUT2D eigenvalue weighted by atomic mass is 10.1. The SMILES string of the molecule is CCOC(=O)C=Cc1ccc(O)cc1Oc1ncc(C(F)(F)F)cc1Cl. The van der Waals surface area contributed by atoms with Crippen LogP contribution in [0.25, 0.3) is 6.08 Å². The lowest BCUT2D eigenvalue weighted by Gasteiger charge is -2.12. The Labute approximate surface area is 151 Å². The Kier molecular flexibility index (Phi) is 6.10. The van der Waals surface area contributed by atoms with Crippen LogP contribution in [0.5, 0.6) is 17.4 Å². The van der Waals surface area contributed by atoms with E-state index in [-0.39, 0.29) is 29.0 Å². The van der Waals surface area contributed by atoms with Gasteiger partial charge in [-0.05, 0) is 31.2 Å². The average Bonchev–Trinajstić information content (AvgIpc) is 2.55. The molecule has 0 unspecified atom stereocenters. The highest BCUT2D eigenvalue weighted by atomic mass is 35.5. The lowest BCUT2D eigenvalue weighted by Crippen LogP contribution is -2.06. The number of ether oxygens (including phenoxy) is 2. The fourth-order valence-electron chi connectivity index (χ4n) is 1.86. The van der Waals surface area contributed by atoms with Gasteiger partial charge in [0, 0.05) is 23.9 Å². The molecule has 0 aliphatic heterocycles. The van der Waals surface area contributed by atoms with Crippen LogP contribution in [0, 0.1) is 0 Å². The third-order valence-corrected chi connectivity index (χ3v) is 3.29. The second kappa shape index (κ2) is 8.09. The van der Waals surface area contributed by atoms with Crippen LogP contribution in [-0.4, -0.2) is 22.7 Å². The number of hydrogen-bond donors (Lipinski definition) is 1. The number of hydrogen-bond acceptors (Lipinski definition) is 5. The first kappa shape index (κ1) is 19.6. The summed E-state index contributed by atoms with van der Waals surface area (Å²) in [6.45, 7) is 1.85. The molecule has 0 amide bonds. The summed E-state index contributed by atoms with van der Waals surface area (Å²) < 4.78 is 48.1. The molecule has 0 saturated carbocycles. The van der Waals surface area contributed by atoms with Gasteiger partial charge in [0.2, 0.25) is 5.88 Å². The molecule has 9 heteroatoms. The van der Waals surface area contributed by atoms with Crippen molar-refractivity contribution in [3.8, 4) is 17.4 Å². The van der Waals surface area contributed by atoms with E-state index in [4.69, 9.17) is 21.1 Å². The van der Waals surface area contributed by atoms with Crippen molar-refractivity contribution in [1.82, 2.24) is 4.98 Å². The minimum Gasteiger partial charge on any atom is -0.508 e. The Morgan fingerprint density at radius 3 is 2.69 bits per heavy atom. The Hall–Kier alpha value is -2.74. The summed E-state index contributed by atoms with van der Waals surface area (Å²) >= 11 is 5.80. The summed E-state index contributed by atoms with van der Waals surface area (Å²) in [6.07, 6.45) is -1.50. The molecule has 0 fully saturated rings. The molecule has 2 aromatic rings. The molecule has 0 aliphatic carbocycles. The number of rotatable bonds is 5. The maximum Gasteiger partial charge on any atom is 0.417 e. The van der Waals surface area contributed by atoms with E-state index in [1.54, 1.807) is 6.92 Å². The van der Waals surface area contributed by atoms with Crippen LogP contribution in [-0.2, 0) is 15.7 Å². The quantitative estimate of drug-likeness (QED) is 0.588. The second-order valence-corrected chi connectivity index (χ2v) is 5.33. The Morgan fingerprint density at radius 1 is 1.35 bits per heavy atom. The van der Waals surface area contributed by atoms with Crippen LogP contribution >= 0.6 is 11.6 Å². The Bertz CT molecular complexity index is 837. The number of phenols is 1. The van der Waals surface area contributed by atoms with Gasteiger partial charge in [-0.25, -0.2) is 9.78 Å². The van der Waals surface area contributed by atoms with Gasteiger partial charge in [-0.3, -0.25) is 0 Å². The molecule has 0 atom stereocenters. The van der Waals surface area contributed by atoms with Crippen molar-refractivity contribution < 1.29 is 32.5 Å². The van der Waals surface area contributed by atoms with Crippen LogP contribution < -0.4 is 4.74 Å². The molecule has 26 heavy (non-hydrogen) atoms. The van der Waals surface area contributed by atoms with Gasteiger partial charge in [0.25, 0.3) is 0 Å². The zero-order valence-electron chi connectivity index (χ0n) is 13.4. The molecule has 1 aromatic carbocycles. The van der Waals surface area contributed by atoms with E-state index in [2.05, 4.69) is 4.98 Å². The van der Waals surface area contributed by atoms with E-state index < -0.39 is 17.7 Å². The number of esters is 1. The fraction of sp³-hybridized carbons (Fsp3) is 0.176. The number of aromatic hydroxyl groups is 1. The number of carbonyl (C=O) groups is 1. The Balaban J connectivity index is 2.32. The number of phenolic OH excluding ortho intramolecular Hbond substituents is 1. The monoisotopic (exact) mass is 387 g/mol. The number of alkyl halides is 3. The molecule has 2 rings (SSSR count). The topological polar surface area (TPSA) is 68.7 Å². The van der Waals surface area contributed by atoms with Crippen molar-refractivity contribution in [3.63, 3.8) is 0 Å². The summed E-state index contributed by atoms with van der Waals surface area (Å²) in [6, 6.07) is 4.68. The van der Waals surface area contributed by atoms with Gasteiger partial charge in [-0.15, -0.1) is 0 Å². The van der Waals surface area contributed by atoms with E-state index >= 15 is 0 Å². The van der Waals surface area contributed by atoms with Crippen molar-refractivity contribution in [2.45, 2.75) is 13.1 Å². The number of nitrogens with zero attached hydrogens (tertiary/aromatic N) is 1. The summed E-state index contributed by atoms with van der Waals surface area (Å²) in [7, 11) is 0. The first-order valence-electron chi connectivity index (χ1n) is 7.29. The molecule has 0 spiro atoms. The summed E-state index contributed by atoms with van der Waals surface area (Å²) in [5, 5.41) is 9.24. The number of aromatic nitrogens is 1. The first-order chi connectivity index (χ1) is 12.2. The predicted octanol–water partition coefficient (Wildman–Crippen LogP) is 4.83. The lowest BCUT2D eigenvalue weighted by molar-refractivity contribution is -0.138. The van der Waals surface area contributed by atoms with Crippen LogP contribution in [0.3, 0.4) is 0 Å². The van der Waals surface area contributed by atoms with Gasteiger partial charge in [-0.2, -0.15) is 13.2 Å². The van der Waals surface area contributed by atoms with Crippen molar-refractivity contribution in [1.29, 1.82) is 0 Å². The molecule has 138 valence electrons.